The summed E-state index contributed by atoms with van der Waals surface area (Å²) in [6.07, 6.45) is 0. The second kappa shape index (κ2) is 23.1. The molecule has 0 fully saturated rings. The highest BCUT2D eigenvalue weighted by Gasteiger charge is 2.26. The summed E-state index contributed by atoms with van der Waals surface area (Å²) in [6.45, 7) is 5.89. The molecule has 336 valence electrons. The Morgan fingerprint density at radius 1 is 0.569 bits per heavy atom. The molecular weight excluding hydrogens is 942 g/mol. The molecule has 4 atom stereocenters. The van der Waals surface area contributed by atoms with E-state index in [9.17, 15) is 28.8 Å². The van der Waals surface area contributed by atoms with Gasteiger partial charge in [-0.15, -0.1) is 23.2 Å². The van der Waals surface area contributed by atoms with Gasteiger partial charge in [-0.25, -0.2) is 0 Å². The van der Waals surface area contributed by atoms with Crippen molar-refractivity contribution in [3.8, 4) is 5.75 Å². The number of nitrogens with zero attached hydrogens (tertiary/aromatic N) is 4. The van der Waals surface area contributed by atoms with Crippen LogP contribution in [0.2, 0.25) is 10.0 Å². The zero-order valence-corrected chi connectivity index (χ0v) is 38.6. The van der Waals surface area contributed by atoms with E-state index in [-0.39, 0.29) is 66.5 Å². The lowest BCUT2D eigenvalue weighted by Crippen LogP contribution is -2.32. The molecule has 0 saturated heterocycles. The van der Waals surface area contributed by atoms with Gasteiger partial charge >= 0.3 is 0 Å². The first-order valence-corrected chi connectivity index (χ1v) is 21.6. The number of alkyl halides is 3. The van der Waals surface area contributed by atoms with Gasteiger partial charge in [0.15, 0.2) is 17.6 Å². The summed E-state index contributed by atoms with van der Waals surface area (Å²) in [5.74, 6) is -4.16. The summed E-state index contributed by atoms with van der Waals surface area (Å²) in [5.41, 5.74) is 3.19. The summed E-state index contributed by atoms with van der Waals surface area (Å²) in [4.78, 5) is 78.2. The zero-order valence-electron chi connectivity index (χ0n) is 34.9. The van der Waals surface area contributed by atoms with Gasteiger partial charge in [-0.2, -0.15) is 20.5 Å². The fourth-order valence-corrected chi connectivity index (χ4v) is 6.69. The van der Waals surface area contributed by atoms with Crippen LogP contribution in [0.25, 0.3) is 0 Å². The number of Topliss-reactive ketones (excluding diaryl/α,β-unsaturated/α-hetero) is 2. The van der Waals surface area contributed by atoms with Crippen molar-refractivity contribution in [2.45, 2.75) is 50.5 Å². The van der Waals surface area contributed by atoms with Crippen molar-refractivity contribution < 1.29 is 33.5 Å². The molecule has 5 aromatic carbocycles. The third-order valence-electron chi connectivity index (χ3n) is 9.06. The van der Waals surface area contributed by atoms with E-state index >= 15 is 0 Å². The van der Waals surface area contributed by atoms with Gasteiger partial charge in [-0.1, -0.05) is 59.1 Å². The quantitative estimate of drug-likeness (QED) is 0.0379. The fraction of sp³-hybridized carbons (Fsp3) is 0.200. The molecule has 5 rings (SSSR count). The van der Waals surface area contributed by atoms with E-state index in [1.807, 2.05) is 12.1 Å². The summed E-state index contributed by atoms with van der Waals surface area (Å²) in [7, 11) is 0. The van der Waals surface area contributed by atoms with Gasteiger partial charge in [-0.05, 0) is 112 Å². The van der Waals surface area contributed by atoms with Gasteiger partial charge in [-0.3, -0.25) is 28.8 Å². The molecular formula is C45H39Cl5N8O7. The number of hydrogen-bond acceptors (Lipinski definition) is 11. The maximum absolute atomic E-state index is 13.4. The molecule has 0 bridgehead atoms. The molecule has 0 aliphatic rings. The van der Waals surface area contributed by atoms with E-state index < -0.39 is 47.3 Å². The highest BCUT2D eigenvalue weighted by atomic mass is 35.5. The minimum Gasteiger partial charge on any atom is -0.476 e. The number of benzene rings is 5. The molecule has 0 saturated carbocycles. The normalized spacial score (nSPS) is 13.1. The number of anilines is 4. The van der Waals surface area contributed by atoms with Gasteiger partial charge in [0.2, 0.25) is 12.1 Å². The largest absolute Gasteiger partial charge is 0.476 e. The Morgan fingerprint density at radius 3 is 1.45 bits per heavy atom. The SMILES string of the molecule is CC(=O)C(N=Nc1cc(Cl)cc(C(=O)Nc2cccc(C(C)Cl)c2)c1)C(=O)Nc1ccc(NC(=O)C(N=Nc2cc(Cl)cc(C(=O)Nc3cccc(C(C)Cl)c3)c2)C(C)=O)c(OCCl)c1. The number of ether oxygens (including phenoxy) is 1. The van der Waals surface area contributed by atoms with Crippen molar-refractivity contribution in [3.63, 3.8) is 0 Å². The molecule has 4 unspecified atom stereocenters. The Labute approximate surface area is 398 Å². The second-order valence-electron chi connectivity index (χ2n) is 14.2. The summed E-state index contributed by atoms with van der Waals surface area (Å²) in [6, 6.07) is 22.8. The van der Waals surface area contributed by atoms with E-state index in [1.54, 1.807) is 50.2 Å². The van der Waals surface area contributed by atoms with Crippen LogP contribution in [0, 0.1) is 0 Å². The molecule has 0 aromatic heterocycles. The first-order valence-electron chi connectivity index (χ1n) is 19.4. The van der Waals surface area contributed by atoms with Crippen molar-refractivity contribution in [2.75, 3.05) is 27.3 Å². The molecule has 5 aromatic rings. The number of azo groups is 2. The fourth-order valence-electron chi connectivity index (χ4n) is 5.84. The third-order valence-corrected chi connectivity index (χ3v) is 10.1. The van der Waals surface area contributed by atoms with Gasteiger partial charge in [0.05, 0.1) is 27.8 Å². The Hall–Kier alpha value is -6.23. The van der Waals surface area contributed by atoms with Crippen LogP contribution in [0.4, 0.5) is 34.1 Å². The van der Waals surface area contributed by atoms with Crippen LogP contribution in [0.15, 0.2) is 124 Å². The topological polar surface area (TPSA) is 209 Å². The molecule has 0 aliphatic carbocycles. The first-order chi connectivity index (χ1) is 30.9. The molecule has 15 nitrogen and oxygen atoms in total. The average molecular weight is 981 g/mol. The zero-order chi connectivity index (χ0) is 47.4. The Kier molecular flexibility index (Phi) is 17.7. The maximum Gasteiger partial charge on any atom is 0.258 e. The van der Waals surface area contributed by atoms with Crippen LogP contribution in [0.1, 0.15) is 70.3 Å². The van der Waals surface area contributed by atoms with Crippen molar-refractivity contribution in [1.82, 2.24) is 0 Å². The van der Waals surface area contributed by atoms with Gasteiger partial charge in [0, 0.05) is 44.3 Å². The summed E-state index contributed by atoms with van der Waals surface area (Å²) >= 11 is 30.8. The van der Waals surface area contributed by atoms with E-state index in [2.05, 4.69) is 41.7 Å². The van der Waals surface area contributed by atoms with E-state index in [1.165, 1.54) is 54.6 Å². The Morgan fingerprint density at radius 2 is 1.02 bits per heavy atom. The molecule has 0 heterocycles. The maximum atomic E-state index is 13.4. The van der Waals surface area contributed by atoms with Gasteiger partial charge < -0.3 is 26.0 Å². The number of rotatable bonds is 18. The van der Waals surface area contributed by atoms with Crippen LogP contribution in [-0.2, 0) is 19.2 Å². The van der Waals surface area contributed by atoms with E-state index in [0.717, 1.165) is 25.0 Å². The lowest BCUT2D eigenvalue weighted by atomic mass is 10.1. The van der Waals surface area contributed by atoms with Crippen molar-refractivity contribution in [1.29, 1.82) is 0 Å². The predicted molar refractivity (Wildman–Crippen MR) is 253 cm³/mol. The molecule has 0 radical (unpaired) electrons. The standard InChI is InChI=1S/C45H39Cl5N8O7/c1-23(47)27-7-5-9-33(15-27)51-42(61)29-13-31(49)19-36(17-29)55-57-40(25(3)59)44(63)53-35-11-12-38(39(21-35)65-22-46)54-45(64)41(26(4)60)58-56-37-18-30(14-32(50)20-37)43(62)52-34-10-6-8-28(16-34)24(2)48/h5-21,23-24,40-41H,22H2,1-4H3,(H,51,61)(H,52,62)(H,53,63)(H,54,64). The number of ketones is 2. The highest BCUT2D eigenvalue weighted by molar-refractivity contribution is 6.32. The van der Waals surface area contributed by atoms with Crippen LogP contribution < -0.4 is 26.0 Å². The van der Waals surface area contributed by atoms with Crippen molar-refractivity contribution >= 4 is 127 Å². The first kappa shape index (κ1) is 49.8. The third kappa shape index (κ3) is 14.4. The predicted octanol–water partition coefficient (Wildman–Crippen LogP) is 12.0. The Bertz CT molecular complexity index is 2700. The molecule has 4 amide bonds. The lowest BCUT2D eigenvalue weighted by Gasteiger charge is -2.15. The summed E-state index contributed by atoms with van der Waals surface area (Å²) < 4.78 is 5.49. The molecule has 20 heteroatoms. The summed E-state index contributed by atoms with van der Waals surface area (Å²) in [5, 5.41) is 26.3. The van der Waals surface area contributed by atoms with Gasteiger partial charge in [0.25, 0.3) is 23.6 Å². The molecule has 65 heavy (non-hydrogen) atoms. The molecule has 4 N–H and O–H groups in total. The number of hydrogen-bond donors (Lipinski definition) is 4. The number of halogens is 5. The highest BCUT2D eigenvalue weighted by Crippen LogP contribution is 2.31. The molecule has 0 spiro atoms. The van der Waals surface area contributed by atoms with E-state index in [0.29, 0.717) is 11.4 Å². The lowest BCUT2D eigenvalue weighted by molar-refractivity contribution is -0.127. The Balaban J connectivity index is 1.27. The minimum atomic E-state index is -1.65. The molecule has 0 aliphatic heterocycles. The number of amides is 4. The minimum absolute atomic E-state index is 0.0310. The monoisotopic (exact) mass is 978 g/mol. The second-order valence-corrected chi connectivity index (χ2v) is 16.6. The van der Waals surface area contributed by atoms with Crippen LogP contribution in [0.3, 0.4) is 0 Å². The smallest absolute Gasteiger partial charge is 0.258 e. The van der Waals surface area contributed by atoms with Crippen LogP contribution in [-0.4, -0.2) is 53.3 Å². The van der Waals surface area contributed by atoms with E-state index in [4.69, 9.17) is 62.7 Å². The van der Waals surface area contributed by atoms with Crippen molar-refractivity contribution in [2.24, 2.45) is 20.5 Å². The van der Waals surface area contributed by atoms with Gasteiger partial charge in [0.1, 0.15) is 5.75 Å². The van der Waals surface area contributed by atoms with Crippen LogP contribution >= 0.6 is 58.0 Å². The average Bonchev–Trinajstić information content (AvgIpc) is 3.24. The van der Waals surface area contributed by atoms with Crippen molar-refractivity contribution in [3.05, 3.63) is 135 Å². The number of carbonyl (C=O) groups excluding carboxylic acids is 6. The number of nitrogens with one attached hydrogen (secondary N) is 4. The number of carbonyl (C=O) groups is 6. The van der Waals surface area contributed by atoms with Crippen LogP contribution in [0.5, 0.6) is 5.75 Å².